The molecule has 110 valence electrons. The van der Waals surface area contributed by atoms with E-state index in [1.54, 1.807) is 24.2 Å². The zero-order valence-electron chi connectivity index (χ0n) is 12.7. The van der Waals surface area contributed by atoms with E-state index in [2.05, 4.69) is 10.1 Å². The Morgan fingerprint density at radius 3 is 2.57 bits per heavy atom. The van der Waals surface area contributed by atoms with Gasteiger partial charge >= 0.3 is 0 Å². The molecule has 0 aliphatic carbocycles. The van der Waals surface area contributed by atoms with Gasteiger partial charge in [0, 0.05) is 17.1 Å². The van der Waals surface area contributed by atoms with Gasteiger partial charge in [-0.15, -0.1) is 0 Å². The highest BCUT2D eigenvalue weighted by Crippen LogP contribution is 2.28. The van der Waals surface area contributed by atoms with E-state index >= 15 is 0 Å². The highest BCUT2D eigenvalue weighted by atomic mass is 16.5. The maximum atomic E-state index is 12.4. The lowest BCUT2D eigenvalue weighted by Crippen LogP contribution is -2.19. The molecule has 0 spiro atoms. The minimum atomic E-state index is -0.464. The molecule has 2 rings (SSSR count). The largest absolute Gasteiger partial charge is 0.496 e. The average Bonchev–Trinajstić information content (AvgIpc) is 2.97. The van der Waals surface area contributed by atoms with E-state index in [0.29, 0.717) is 11.4 Å². The van der Waals surface area contributed by atoms with Gasteiger partial charge in [0.05, 0.1) is 12.8 Å². The van der Waals surface area contributed by atoms with Crippen LogP contribution in [0.2, 0.25) is 0 Å². The van der Waals surface area contributed by atoms with Gasteiger partial charge in [-0.05, 0) is 12.1 Å². The molecular weight excluding hydrogens is 266 g/mol. The molecule has 0 radical (unpaired) electrons. The Balaban J connectivity index is 2.58. The minimum Gasteiger partial charge on any atom is -0.496 e. The van der Waals surface area contributed by atoms with Crippen LogP contribution < -0.4 is 4.74 Å². The van der Waals surface area contributed by atoms with Crippen molar-refractivity contribution in [1.82, 2.24) is 14.8 Å². The number of allylic oxidation sites excluding steroid dienone is 1. The molecule has 0 unspecified atom stereocenters. The zero-order chi connectivity index (χ0) is 15.5. The molecule has 0 aliphatic rings. The van der Waals surface area contributed by atoms with Gasteiger partial charge in [-0.3, -0.25) is 4.79 Å². The van der Waals surface area contributed by atoms with Gasteiger partial charge in [-0.1, -0.05) is 32.9 Å². The molecule has 0 fully saturated rings. The SMILES string of the molecule is COc1ccccc1/C(=C\C(=O)C(C)(C)C)n1cncn1. The average molecular weight is 285 g/mol. The minimum absolute atomic E-state index is 0.0129. The van der Waals surface area contributed by atoms with Crippen molar-refractivity contribution in [1.29, 1.82) is 0 Å². The fourth-order valence-electron chi connectivity index (χ4n) is 1.80. The number of benzene rings is 1. The van der Waals surface area contributed by atoms with Crippen molar-refractivity contribution in [3.8, 4) is 5.75 Å². The number of aromatic nitrogens is 3. The maximum absolute atomic E-state index is 12.4. The molecule has 1 heterocycles. The summed E-state index contributed by atoms with van der Waals surface area (Å²) < 4.78 is 6.95. The van der Waals surface area contributed by atoms with Gasteiger partial charge in [0.1, 0.15) is 18.4 Å². The molecule has 0 N–H and O–H groups in total. The first-order valence-corrected chi connectivity index (χ1v) is 6.68. The lowest BCUT2D eigenvalue weighted by Gasteiger charge is -2.16. The van der Waals surface area contributed by atoms with Crippen molar-refractivity contribution in [3.63, 3.8) is 0 Å². The van der Waals surface area contributed by atoms with Crippen LogP contribution in [-0.4, -0.2) is 27.7 Å². The van der Waals surface area contributed by atoms with Gasteiger partial charge < -0.3 is 4.74 Å². The van der Waals surface area contributed by atoms with E-state index in [4.69, 9.17) is 4.74 Å². The first-order valence-electron chi connectivity index (χ1n) is 6.68. The normalized spacial score (nSPS) is 12.3. The van der Waals surface area contributed by atoms with Crippen molar-refractivity contribution < 1.29 is 9.53 Å². The monoisotopic (exact) mass is 285 g/mol. The first kappa shape index (κ1) is 15.0. The molecular formula is C16H19N3O2. The molecule has 5 heteroatoms. The second kappa shape index (κ2) is 5.91. The molecule has 0 saturated carbocycles. The Labute approximate surface area is 124 Å². The van der Waals surface area contributed by atoms with Crippen molar-refractivity contribution in [2.45, 2.75) is 20.8 Å². The Bertz CT molecular complexity index is 652. The van der Waals surface area contributed by atoms with Gasteiger partial charge in [-0.2, -0.15) is 5.10 Å². The van der Waals surface area contributed by atoms with Gasteiger partial charge in [-0.25, -0.2) is 9.67 Å². The highest BCUT2D eigenvalue weighted by molar-refractivity contribution is 6.00. The quantitative estimate of drug-likeness (QED) is 0.811. The molecule has 2 aromatic rings. The van der Waals surface area contributed by atoms with Crippen molar-refractivity contribution in [2.24, 2.45) is 5.41 Å². The van der Waals surface area contributed by atoms with Crippen LogP contribution in [-0.2, 0) is 4.79 Å². The Morgan fingerprint density at radius 2 is 2.00 bits per heavy atom. The number of rotatable bonds is 4. The Morgan fingerprint density at radius 1 is 1.29 bits per heavy atom. The van der Waals surface area contributed by atoms with Gasteiger partial charge in [0.15, 0.2) is 5.78 Å². The molecule has 0 saturated heterocycles. The molecule has 5 nitrogen and oxygen atoms in total. The summed E-state index contributed by atoms with van der Waals surface area (Å²) >= 11 is 0. The van der Waals surface area contributed by atoms with Crippen LogP contribution in [0.15, 0.2) is 43.0 Å². The molecule has 21 heavy (non-hydrogen) atoms. The van der Waals surface area contributed by atoms with E-state index in [1.165, 1.54) is 6.33 Å². The second-order valence-electron chi connectivity index (χ2n) is 5.68. The molecule has 1 aromatic carbocycles. The third-order valence-electron chi connectivity index (χ3n) is 3.06. The predicted octanol–water partition coefficient (Wildman–Crippen LogP) is 2.79. The van der Waals surface area contributed by atoms with E-state index in [0.717, 1.165) is 5.56 Å². The fourth-order valence-corrected chi connectivity index (χ4v) is 1.80. The summed E-state index contributed by atoms with van der Waals surface area (Å²) in [5.74, 6) is 0.694. The fraction of sp³-hybridized carbons (Fsp3) is 0.312. The number of hydrogen-bond donors (Lipinski definition) is 0. The number of methoxy groups -OCH3 is 1. The molecule has 0 amide bonds. The van der Waals surface area contributed by atoms with E-state index in [9.17, 15) is 4.79 Å². The molecule has 0 aliphatic heterocycles. The van der Waals surface area contributed by atoms with Crippen molar-refractivity contribution in [2.75, 3.05) is 7.11 Å². The van der Waals surface area contributed by atoms with E-state index in [-0.39, 0.29) is 5.78 Å². The van der Waals surface area contributed by atoms with Crippen LogP contribution in [0.3, 0.4) is 0 Å². The van der Waals surface area contributed by atoms with E-state index in [1.807, 2.05) is 45.0 Å². The number of carbonyl (C=O) groups excluding carboxylic acids is 1. The number of para-hydroxylation sites is 1. The van der Waals surface area contributed by atoms with Crippen molar-refractivity contribution in [3.05, 3.63) is 48.6 Å². The summed E-state index contributed by atoms with van der Waals surface area (Å²) in [5, 5.41) is 4.13. The van der Waals surface area contributed by atoms with Gasteiger partial charge in [0.2, 0.25) is 0 Å². The smallest absolute Gasteiger partial charge is 0.163 e. The summed E-state index contributed by atoms with van der Waals surface area (Å²) in [6.45, 7) is 5.65. The highest BCUT2D eigenvalue weighted by Gasteiger charge is 2.21. The van der Waals surface area contributed by atoms with Gasteiger partial charge in [0.25, 0.3) is 0 Å². The zero-order valence-corrected chi connectivity index (χ0v) is 12.7. The number of ether oxygens (including phenoxy) is 1. The number of hydrogen-bond acceptors (Lipinski definition) is 4. The number of nitrogens with zero attached hydrogens (tertiary/aromatic N) is 3. The topological polar surface area (TPSA) is 57.0 Å². The summed E-state index contributed by atoms with van der Waals surface area (Å²) in [7, 11) is 1.60. The number of ketones is 1. The lowest BCUT2D eigenvalue weighted by molar-refractivity contribution is -0.121. The van der Waals surface area contributed by atoms with Crippen LogP contribution >= 0.6 is 0 Å². The van der Waals surface area contributed by atoms with Crippen LogP contribution in [0.5, 0.6) is 5.75 Å². The van der Waals surface area contributed by atoms with E-state index < -0.39 is 5.41 Å². The van der Waals surface area contributed by atoms with Crippen LogP contribution in [0.25, 0.3) is 5.70 Å². The predicted molar refractivity (Wildman–Crippen MR) is 80.9 cm³/mol. The molecule has 0 bridgehead atoms. The van der Waals surface area contributed by atoms with Crippen LogP contribution in [0.1, 0.15) is 26.3 Å². The summed E-state index contributed by atoms with van der Waals surface area (Å²) in [6.07, 6.45) is 4.59. The number of carbonyl (C=O) groups is 1. The third kappa shape index (κ3) is 3.37. The molecule has 0 atom stereocenters. The maximum Gasteiger partial charge on any atom is 0.163 e. The summed E-state index contributed by atoms with van der Waals surface area (Å²) in [5.41, 5.74) is 0.974. The molecule has 1 aromatic heterocycles. The van der Waals surface area contributed by atoms with Crippen molar-refractivity contribution >= 4 is 11.5 Å². The lowest BCUT2D eigenvalue weighted by atomic mass is 9.89. The second-order valence-corrected chi connectivity index (χ2v) is 5.68. The summed E-state index contributed by atoms with van der Waals surface area (Å²) in [4.78, 5) is 16.3. The Kier molecular flexibility index (Phi) is 4.21. The first-order chi connectivity index (χ1) is 9.93. The van der Waals surface area contributed by atoms with Crippen LogP contribution in [0.4, 0.5) is 0 Å². The van der Waals surface area contributed by atoms with Crippen LogP contribution in [0, 0.1) is 5.41 Å². The summed E-state index contributed by atoms with van der Waals surface area (Å²) in [6, 6.07) is 7.51. The Hall–Kier alpha value is -2.43. The standard InChI is InChI=1S/C16H19N3O2/c1-16(2,3)15(20)9-13(19-11-17-10-18-19)12-7-5-6-8-14(12)21-4/h5-11H,1-4H3/b13-9+. The third-order valence-corrected chi connectivity index (χ3v) is 3.06.